The van der Waals surface area contributed by atoms with Crippen molar-refractivity contribution in [2.45, 2.75) is 19.0 Å². The van der Waals surface area contributed by atoms with Gasteiger partial charge in [0.2, 0.25) is 0 Å². The number of rotatable bonds is 4. The number of piperidine rings is 1. The minimum Gasteiger partial charge on any atom is -0.369 e. The third-order valence-electron chi connectivity index (χ3n) is 4.11. The molecule has 0 bridgehead atoms. The molecule has 0 atom stereocenters. The van der Waals surface area contributed by atoms with Crippen molar-refractivity contribution in [3.05, 3.63) is 24.8 Å². The summed E-state index contributed by atoms with van der Waals surface area (Å²) in [6.45, 7) is 0.867. The number of nitrogens with zero attached hydrogens (tertiary/aromatic N) is 4. The van der Waals surface area contributed by atoms with E-state index in [-0.39, 0.29) is 0 Å². The van der Waals surface area contributed by atoms with Crippen molar-refractivity contribution < 1.29 is 13.2 Å². The number of halogens is 3. The van der Waals surface area contributed by atoms with E-state index in [0.717, 1.165) is 29.6 Å². The number of alkyl halides is 3. The van der Waals surface area contributed by atoms with Gasteiger partial charge in [-0.2, -0.15) is 13.2 Å². The molecule has 0 aromatic carbocycles. The molecule has 2 aromatic rings. The maximum atomic E-state index is 12.4. The third kappa shape index (κ3) is 4.28. The molecule has 0 aliphatic carbocycles. The second-order valence-corrected chi connectivity index (χ2v) is 5.83. The largest absolute Gasteiger partial charge is 0.401 e. The van der Waals surface area contributed by atoms with Crippen LogP contribution in [0.4, 0.5) is 19.0 Å². The Balaban J connectivity index is 1.53. The van der Waals surface area contributed by atoms with E-state index in [4.69, 9.17) is 0 Å². The summed E-state index contributed by atoms with van der Waals surface area (Å²) in [6.07, 6.45) is 2.25. The Morgan fingerprint density at radius 1 is 1.22 bits per heavy atom. The van der Waals surface area contributed by atoms with E-state index in [1.54, 1.807) is 12.4 Å². The van der Waals surface area contributed by atoms with E-state index >= 15 is 0 Å². The van der Waals surface area contributed by atoms with Crippen LogP contribution in [0.5, 0.6) is 0 Å². The summed E-state index contributed by atoms with van der Waals surface area (Å²) in [5.41, 5.74) is 0.769. The fraction of sp³-hybridized carbons (Fsp3) is 0.533. The summed E-state index contributed by atoms with van der Waals surface area (Å²) in [5.74, 6) is 1.10. The fourth-order valence-electron chi connectivity index (χ4n) is 2.89. The minimum atomic E-state index is -4.11. The lowest BCUT2D eigenvalue weighted by Gasteiger charge is -2.32. The maximum Gasteiger partial charge on any atom is 0.401 e. The molecule has 3 heterocycles. The molecule has 8 heteroatoms. The number of hydrogen-bond donors (Lipinski definition) is 1. The lowest BCUT2D eigenvalue weighted by Crippen LogP contribution is -2.41. The van der Waals surface area contributed by atoms with Crippen molar-refractivity contribution in [3.8, 4) is 0 Å². The van der Waals surface area contributed by atoms with E-state index in [1.807, 2.05) is 6.07 Å². The van der Waals surface area contributed by atoms with Crippen molar-refractivity contribution in [2.75, 3.05) is 31.5 Å². The van der Waals surface area contributed by atoms with Crippen LogP contribution in [0.15, 0.2) is 24.8 Å². The Bertz CT molecular complexity index is 648. The first-order chi connectivity index (χ1) is 11.0. The minimum absolute atomic E-state index is 0.353. The fourth-order valence-corrected chi connectivity index (χ4v) is 2.89. The van der Waals surface area contributed by atoms with Crippen LogP contribution in [0.1, 0.15) is 12.8 Å². The van der Waals surface area contributed by atoms with Crippen molar-refractivity contribution in [3.63, 3.8) is 0 Å². The molecule has 3 rings (SSSR count). The van der Waals surface area contributed by atoms with E-state index < -0.39 is 12.7 Å². The first-order valence-corrected chi connectivity index (χ1v) is 7.59. The van der Waals surface area contributed by atoms with Gasteiger partial charge >= 0.3 is 6.18 Å². The molecule has 0 saturated carbocycles. The van der Waals surface area contributed by atoms with Gasteiger partial charge in [-0.05, 0) is 37.9 Å². The second-order valence-electron chi connectivity index (χ2n) is 5.83. The molecule has 0 amide bonds. The predicted octanol–water partition coefficient (Wildman–Crippen LogP) is 2.71. The predicted molar refractivity (Wildman–Crippen MR) is 81.0 cm³/mol. The average Bonchev–Trinajstić information content (AvgIpc) is 2.53. The Morgan fingerprint density at radius 3 is 2.74 bits per heavy atom. The Kier molecular flexibility index (Phi) is 4.61. The lowest BCUT2D eigenvalue weighted by atomic mass is 9.97. The van der Waals surface area contributed by atoms with Gasteiger partial charge in [-0.25, -0.2) is 9.97 Å². The lowest BCUT2D eigenvalue weighted by molar-refractivity contribution is -0.148. The van der Waals surface area contributed by atoms with E-state index in [1.165, 1.54) is 11.2 Å². The van der Waals surface area contributed by atoms with Crippen LogP contribution in [0.25, 0.3) is 10.9 Å². The zero-order valence-electron chi connectivity index (χ0n) is 12.6. The Morgan fingerprint density at radius 2 is 2.00 bits per heavy atom. The first-order valence-electron chi connectivity index (χ1n) is 7.59. The normalized spacial score (nSPS) is 17.5. The SMILES string of the molecule is FC(F)(F)CN1CCC(CNc2ncnc3cnccc23)CC1. The molecule has 1 aliphatic heterocycles. The first kappa shape index (κ1) is 15.9. The van der Waals surface area contributed by atoms with Crippen molar-refractivity contribution in [2.24, 2.45) is 5.92 Å². The van der Waals surface area contributed by atoms with Crippen LogP contribution < -0.4 is 5.32 Å². The molecule has 5 nitrogen and oxygen atoms in total. The van der Waals surface area contributed by atoms with Crippen LogP contribution >= 0.6 is 0 Å². The summed E-state index contributed by atoms with van der Waals surface area (Å²) in [4.78, 5) is 13.9. The monoisotopic (exact) mass is 325 g/mol. The van der Waals surface area contributed by atoms with Gasteiger partial charge in [0.05, 0.1) is 18.3 Å². The molecule has 23 heavy (non-hydrogen) atoms. The van der Waals surface area contributed by atoms with Crippen LogP contribution in [-0.2, 0) is 0 Å². The van der Waals surface area contributed by atoms with Crippen LogP contribution in [0.2, 0.25) is 0 Å². The molecule has 1 fully saturated rings. The molecule has 1 aliphatic rings. The van der Waals surface area contributed by atoms with E-state index in [2.05, 4.69) is 20.3 Å². The van der Waals surface area contributed by atoms with Gasteiger partial charge < -0.3 is 5.32 Å². The molecule has 0 spiro atoms. The third-order valence-corrected chi connectivity index (χ3v) is 4.11. The quantitative estimate of drug-likeness (QED) is 0.937. The summed E-state index contributed by atoms with van der Waals surface area (Å²) < 4.78 is 37.1. The van der Waals surface area contributed by atoms with Gasteiger partial charge in [-0.3, -0.25) is 9.88 Å². The highest BCUT2D eigenvalue weighted by molar-refractivity contribution is 5.87. The highest BCUT2D eigenvalue weighted by Gasteiger charge is 2.32. The molecule has 0 unspecified atom stereocenters. The van der Waals surface area contributed by atoms with Gasteiger partial charge in [0, 0.05) is 18.1 Å². The maximum absolute atomic E-state index is 12.4. The summed E-state index contributed by atoms with van der Waals surface area (Å²) in [5, 5.41) is 4.20. The number of nitrogens with one attached hydrogen (secondary N) is 1. The van der Waals surface area contributed by atoms with Gasteiger partial charge in [0.1, 0.15) is 12.1 Å². The molecule has 0 radical (unpaired) electrons. The van der Waals surface area contributed by atoms with Crippen molar-refractivity contribution >= 4 is 16.7 Å². The molecule has 124 valence electrons. The summed E-state index contributed by atoms with van der Waals surface area (Å²) in [7, 11) is 0. The smallest absolute Gasteiger partial charge is 0.369 e. The van der Waals surface area contributed by atoms with Crippen LogP contribution in [0.3, 0.4) is 0 Å². The van der Waals surface area contributed by atoms with Crippen molar-refractivity contribution in [1.82, 2.24) is 19.9 Å². The number of pyridine rings is 1. The topological polar surface area (TPSA) is 53.9 Å². The molecular weight excluding hydrogens is 307 g/mol. The number of aromatic nitrogens is 3. The summed E-state index contributed by atoms with van der Waals surface area (Å²) >= 11 is 0. The zero-order chi connectivity index (χ0) is 16.3. The number of likely N-dealkylation sites (tertiary alicyclic amines) is 1. The van der Waals surface area contributed by atoms with Crippen molar-refractivity contribution in [1.29, 1.82) is 0 Å². The van der Waals surface area contributed by atoms with Gasteiger partial charge in [-0.1, -0.05) is 0 Å². The van der Waals surface area contributed by atoms with E-state index in [0.29, 0.717) is 25.6 Å². The number of anilines is 1. The molecule has 1 N–H and O–H groups in total. The molecule has 2 aromatic heterocycles. The summed E-state index contributed by atoms with van der Waals surface area (Å²) in [6, 6.07) is 1.85. The number of hydrogen-bond acceptors (Lipinski definition) is 5. The highest BCUT2D eigenvalue weighted by Crippen LogP contribution is 2.23. The average molecular weight is 325 g/mol. The number of fused-ring (bicyclic) bond motifs is 1. The molecule has 1 saturated heterocycles. The second kappa shape index (κ2) is 6.66. The van der Waals surface area contributed by atoms with Crippen LogP contribution in [-0.4, -0.2) is 52.2 Å². The van der Waals surface area contributed by atoms with Crippen LogP contribution in [0, 0.1) is 5.92 Å². The van der Waals surface area contributed by atoms with Gasteiger partial charge in [0.25, 0.3) is 0 Å². The Hall–Kier alpha value is -1.96. The Labute approximate surface area is 131 Å². The van der Waals surface area contributed by atoms with Gasteiger partial charge in [0.15, 0.2) is 0 Å². The molecular formula is C15H18F3N5. The van der Waals surface area contributed by atoms with E-state index in [9.17, 15) is 13.2 Å². The van der Waals surface area contributed by atoms with Gasteiger partial charge in [-0.15, -0.1) is 0 Å². The standard InChI is InChI=1S/C15H18F3N5/c16-15(17,18)9-23-5-2-11(3-6-23)7-20-14-12-1-4-19-8-13(12)21-10-22-14/h1,4,8,10-11H,2-3,5-7,9H2,(H,20,21,22). The highest BCUT2D eigenvalue weighted by atomic mass is 19.4. The zero-order valence-corrected chi connectivity index (χ0v) is 12.6.